The first kappa shape index (κ1) is 18.5. The number of nitrogens with zero attached hydrogens (tertiary/aromatic N) is 3. The molecule has 1 aliphatic rings. The molecule has 2 heterocycles. The number of piperazine rings is 1. The normalized spacial score (nSPS) is 15.0. The van der Waals surface area contributed by atoms with E-state index in [1.807, 2.05) is 19.9 Å². The van der Waals surface area contributed by atoms with Gasteiger partial charge in [0.2, 0.25) is 0 Å². The van der Waals surface area contributed by atoms with Crippen molar-refractivity contribution in [2.45, 2.75) is 39.5 Å². The summed E-state index contributed by atoms with van der Waals surface area (Å²) in [6.07, 6.45) is 6.45. The quantitative estimate of drug-likeness (QED) is 0.711. The molecule has 3 rings (SSSR count). The van der Waals surface area contributed by atoms with Crippen LogP contribution in [-0.4, -0.2) is 42.8 Å². The molecule has 0 amide bonds. The van der Waals surface area contributed by atoms with Gasteiger partial charge in [0.05, 0.1) is 5.69 Å². The van der Waals surface area contributed by atoms with Crippen molar-refractivity contribution in [2.24, 2.45) is 0 Å². The summed E-state index contributed by atoms with van der Waals surface area (Å²) >= 11 is 0. The Balaban J connectivity index is 0.00000100. The summed E-state index contributed by atoms with van der Waals surface area (Å²) in [6.45, 7) is 9.86. The van der Waals surface area contributed by atoms with E-state index in [9.17, 15) is 0 Å². The van der Waals surface area contributed by atoms with Crippen molar-refractivity contribution in [1.29, 1.82) is 0 Å². The summed E-state index contributed by atoms with van der Waals surface area (Å²) in [7, 11) is 0. The number of para-hydroxylation sites is 1. The molecule has 0 unspecified atom stereocenters. The van der Waals surface area contributed by atoms with Gasteiger partial charge in [0, 0.05) is 37.9 Å². The van der Waals surface area contributed by atoms with E-state index in [4.69, 9.17) is 4.52 Å². The molecule has 0 radical (unpaired) electrons. The van der Waals surface area contributed by atoms with E-state index in [1.54, 1.807) is 6.26 Å². The van der Waals surface area contributed by atoms with Crippen molar-refractivity contribution in [1.82, 2.24) is 10.1 Å². The number of benzene rings is 1. The van der Waals surface area contributed by atoms with E-state index in [0.29, 0.717) is 0 Å². The zero-order valence-electron chi connectivity index (χ0n) is 15.2. The van der Waals surface area contributed by atoms with Gasteiger partial charge in [-0.2, -0.15) is 0 Å². The summed E-state index contributed by atoms with van der Waals surface area (Å²) in [5, 5.41) is 3.95. The molecule has 0 N–H and O–H groups in total. The van der Waals surface area contributed by atoms with Crippen molar-refractivity contribution in [3.8, 4) is 0 Å². The highest BCUT2D eigenvalue weighted by Gasteiger charge is 2.16. The molecule has 1 aromatic carbocycles. The lowest BCUT2D eigenvalue weighted by atomic mass is 10.1. The largest absolute Gasteiger partial charge is 0.369 e. The number of hydrogen-bond acceptors (Lipinski definition) is 4. The van der Waals surface area contributed by atoms with E-state index in [-0.39, 0.29) is 0 Å². The molecule has 24 heavy (non-hydrogen) atoms. The van der Waals surface area contributed by atoms with Gasteiger partial charge in [-0.05, 0) is 37.9 Å². The van der Waals surface area contributed by atoms with Crippen LogP contribution in [0.15, 0.2) is 47.2 Å². The van der Waals surface area contributed by atoms with Crippen LogP contribution in [0.5, 0.6) is 0 Å². The van der Waals surface area contributed by atoms with Gasteiger partial charge in [0.15, 0.2) is 0 Å². The third-order valence-corrected chi connectivity index (χ3v) is 4.39. The van der Waals surface area contributed by atoms with Crippen LogP contribution in [0, 0.1) is 0 Å². The smallest absolute Gasteiger partial charge is 0.124 e. The van der Waals surface area contributed by atoms with Crippen molar-refractivity contribution in [3.63, 3.8) is 0 Å². The minimum atomic E-state index is 1.04. The topological polar surface area (TPSA) is 32.5 Å². The maximum Gasteiger partial charge on any atom is 0.124 e. The van der Waals surface area contributed by atoms with Gasteiger partial charge in [0.1, 0.15) is 6.26 Å². The minimum Gasteiger partial charge on any atom is -0.369 e. The zero-order chi connectivity index (χ0) is 17.0. The van der Waals surface area contributed by atoms with E-state index >= 15 is 0 Å². The summed E-state index contributed by atoms with van der Waals surface area (Å²) in [6, 6.07) is 12.7. The Hall–Kier alpha value is -1.81. The molecule has 0 atom stereocenters. The molecule has 1 aromatic heterocycles. The molecule has 0 bridgehead atoms. The standard InChI is InChI=1S/C18H25N3O.C2H6/c1-4-8-18(9-5-1)21-14-12-20(13-15-21)11-6-2-3-7-17-10-16-22-19-17;1-2/h1,4-5,8-10,16H,2-3,6-7,11-15H2;1-2H3. The van der Waals surface area contributed by atoms with E-state index in [1.165, 1.54) is 44.6 Å². The van der Waals surface area contributed by atoms with Crippen LogP contribution in [0.3, 0.4) is 0 Å². The Bertz CT molecular complexity index is 519. The Morgan fingerprint density at radius 3 is 2.33 bits per heavy atom. The number of rotatable bonds is 7. The van der Waals surface area contributed by atoms with Crippen molar-refractivity contribution >= 4 is 5.69 Å². The lowest BCUT2D eigenvalue weighted by Crippen LogP contribution is -2.46. The van der Waals surface area contributed by atoms with Gasteiger partial charge >= 0.3 is 0 Å². The lowest BCUT2D eigenvalue weighted by molar-refractivity contribution is 0.252. The molecule has 2 aromatic rings. The fourth-order valence-corrected chi connectivity index (χ4v) is 3.05. The lowest BCUT2D eigenvalue weighted by Gasteiger charge is -2.36. The van der Waals surface area contributed by atoms with Gasteiger partial charge in [-0.25, -0.2) is 0 Å². The molecule has 1 fully saturated rings. The monoisotopic (exact) mass is 329 g/mol. The Morgan fingerprint density at radius 2 is 1.67 bits per heavy atom. The molecular weight excluding hydrogens is 298 g/mol. The van der Waals surface area contributed by atoms with Crippen molar-refractivity contribution in [2.75, 3.05) is 37.6 Å². The summed E-state index contributed by atoms with van der Waals surface area (Å²) in [5.41, 5.74) is 2.44. The number of anilines is 1. The zero-order valence-corrected chi connectivity index (χ0v) is 15.2. The molecule has 0 saturated carbocycles. The van der Waals surface area contributed by atoms with Crippen LogP contribution in [-0.2, 0) is 6.42 Å². The second-order valence-corrected chi connectivity index (χ2v) is 5.97. The van der Waals surface area contributed by atoms with Crippen LogP contribution in [0.1, 0.15) is 38.8 Å². The number of aromatic nitrogens is 1. The molecule has 132 valence electrons. The fourth-order valence-electron chi connectivity index (χ4n) is 3.05. The van der Waals surface area contributed by atoms with Crippen LogP contribution >= 0.6 is 0 Å². The first-order chi connectivity index (χ1) is 11.9. The summed E-state index contributed by atoms with van der Waals surface area (Å²) in [5.74, 6) is 0. The van der Waals surface area contributed by atoms with Gasteiger partial charge in [-0.3, -0.25) is 4.90 Å². The minimum absolute atomic E-state index is 1.04. The van der Waals surface area contributed by atoms with Crippen LogP contribution in [0.4, 0.5) is 5.69 Å². The molecule has 0 spiro atoms. The first-order valence-corrected chi connectivity index (χ1v) is 9.33. The highest BCUT2D eigenvalue weighted by atomic mass is 16.5. The van der Waals surface area contributed by atoms with E-state index in [2.05, 4.69) is 45.3 Å². The SMILES string of the molecule is CC.c1ccc(N2CCN(CCCCCc3ccon3)CC2)cc1. The summed E-state index contributed by atoms with van der Waals surface area (Å²) < 4.78 is 4.85. The molecule has 0 aliphatic carbocycles. The predicted octanol–water partition coefficient (Wildman–Crippen LogP) is 4.24. The molecule has 4 nitrogen and oxygen atoms in total. The van der Waals surface area contributed by atoms with Gasteiger partial charge in [-0.1, -0.05) is 43.6 Å². The molecule has 1 aliphatic heterocycles. The average molecular weight is 329 g/mol. The second-order valence-electron chi connectivity index (χ2n) is 5.97. The number of unbranched alkanes of at least 4 members (excludes halogenated alkanes) is 2. The highest BCUT2D eigenvalue weighted by molar-refractivity contribution is 5.46. The number of aryl methyl sites for hydroxylation is 1. The van der Waals surface area contributed by atoms with Gasteiger partial charge in [0.25, 0.3) is 0 Å². The molecule has 1 saturated heterocycles. The van der Waals surface area contributed by atoms with Crippen LogP contribution in [0.25, 0.3) is 0 Å². The van der Waals surface area contributed by atoms with Crippen LogP contribution < -0.4 is 4.90 Å². The third-order valence-electron chi connectivity index (χ3n) is 4.39. The highest BCUT2D eigenvalue weighted by Crippen LogP contribution is 2.16. The maximum atomic E-state index is 4.85. The Labute approximate surface area is 146 Å². The fraction of sp³-hybridized carbons (Fsp3) is 0.550. The van der Waals surface area contributed by atoms with Gasteiger partial charge < -0.3 is 9.42 Å². The third kappa shape index (κ3) is 6.00. The van der Waals surface area contributed by atoms with Crippen molar-refractivity contribution < 1.29 is 4.52 Å². The average Bonchev–Trinajstić information content (AvgIpc) is 3.18. The summed E-state index contributed by atoms with van der Waals surface area (Å²) in [4.78, 5) is 5.08. The number of hydrogen-bond donors (Lipinski definition) is 0. The molecular formula is C20H31N3O. The van der Waals surface area contributed by atoms with Crippen LogP contribution in [0.2, 0.25) is 0 Å². The van der Waals surface area contributed by atoms with Gasteiger partial charge in [-0.15, -0.1) is 0 Å². The Kier molecular flexibility index (Phi) is 8.39. The van der Waals surface area contributed by atoms with Crippen molar-refractivity contribution in [3.05, 3.63) is 48.4 Å². The maximum absolute atomic E-state index is 4.85. The van der Waals surface area contributed by atoms with E-state index < -0.39 is 0 Å². The molecule has 4 heteroatoms. The Morgan fingerprint density at radius 1 is 0.917 bits per heavy atom. The first-order valence-electron chi connectivity index (χ1n) is 9.33. The predicted molar refractivity (Wildman–Crippen MR) is 101 cm³/mol. The van der Waals surface area contributed by atoms with E-state index in [0.717, 1.165) is 25.2 Å². The second kappa shape index (κ2) is 10.9.